The molecule has 0 N–H and O–H groups in total. The SMILES string of the molecule is CCCC(C(=O)OC)c1ccc(OC)c(C)c1. The maximum Gasteiger partial charge on any atom is 0.313 e. The fraction of sp³-hybridized carbons (Fsp3) is 0.500. The molecule has 0 bridgehead atoms. The molecule has 0 heterocycles. The van der Waals surface area contributed by atoms with Crippen molar-refractivity contribution < 1.29 is 14.3 Å². The number of ether oxygens (including phenoxy) is 2. The van der Waals surface area contributed by atoms with Crippen molar-refractivity contribution >= 4 is 5.97 Å². The van der Waals surface area contributed by atoms with Crippen molar-refractivity contribution in [2.24, 2.45) is 0 Å². The molecule has 0 aromatic heterocycles. The van der Waals surface area contributed by atoms with Crippen molar-refractivity contribution in [1.29, 1.82) is 0 Å². The molecular formula is C14H20O3. The van der Waals surface area contributed by atoms with Gasteiger partial charge >= 0.3 is 5.97 Å². The maximum absolute atomic E-state index is 11.7. The second-order valence-electron chi connectivity index (χ2n) is 4.09. The zero-order valence-corrected chi connectivity index (χ0v) is 10.9. The van der Waals surface area contributed by atoms with Crippen LogP contribution in [0.15, 0.2) is 18.2 Å². The predicted octanol–water partition coefficient (Wildman–Crippen LogP) is 3.06. The Kier molecular flexibility index (Phi) is 5.01. The van der Waals surface area contributed by atoms with E-state index in [0.717, 1.165) is 29.7 Å². The lowest BCUT2D eigenvalue weighted by atomic mass is 9.93. The molecule has 1 unspecified atom stereocenters. The number of benzene rings is 1. The fourth-order valence-corrected chi connectivity index (χ4v) is 1.97. The highest BCUT2D eigenvalue weighted by molar-refractivity contribution is 5.78. The van der Waals surface area contributed by atoms with E-state index in [1.807, 2.05) is 25.1 Å². The van der Waals surface area contributed by atoms with Gasteiger partial charge in [-0.25, -0.2) is 0 Å². The van der Waals surface area contributed by atoms with Gasteiger partial charge < -0.3 is 9.47 Å². The van der Waals surface area contributed by atoms with E-state index in [2.05, 4.69) is 6.92 Å². The van der Waals surface area contributed by atoms with Crippen molar-refractivity contribution in [2.75, 3.05) is 14.2 Å². The van der Waals surface area contributed by atoms with Gasteiger partial charge in [-0.05, 0) is 30.5 Å². The Morgan fingerprint density at radius 1 is 1.35 bits per heavy atom. The monoisotopic (exact) mass is 236 g/mol. The van der Waals surface area contributed by atoms with Crippen LogP contribution in [0.5, 0.6) is 5.75 Å². The van der Waals surface area contributed by atoms with Crippen LogP contribution < -0.4 is 4.74 Å². The number of carbonyl (C=O) groups is 1. The Balaban J connectivity index is 3.02. The van der Waals surface area contributed by atoms with Gasteiger partial charge in [0.25, 0.3) is 0 Å². The highest BCUT2D eigenvalue weighted by Crippen LogP contribution is 2.27. The minimum atomic E-state index is -0.172. The molecule has 0 spiro atoms. The van der Waals surface area contributed by atoms with Crippen LogP contribution in [0.2, 0.25) is 0 Å². The molecule has 3 heteroatoms. The number of carbonyl (C=O) groups excluding carboxylic acids is 1. The normalized spacial score (nSPS) is 12.0. The number of hydrogen-bond acceptors (Lipinski definition) is 3. The third-order valence-corrected chi connectivity index (χ3v) is 2.88. The summed E-state index contributed by atoms with van der Waals surface area (Å²) in [6, 6.07) is 5.83. The van der Waals surface area contributed by atoms with Crippen molar-refractivity contribution in [3.8, 4) is 5.75 Å². The molecule has 0 saturated carbocycles. The zero-order valence-electron chi connectivity index (χ0n) is 10.9. The molecule has 3 nitrogen and oxygen atoms in total. The largest absolute Gasteiger partial charge is 0.496 e. The molecule has 0 saturated heterocycles. The lowest BCUT2D eigenvalue weighted by molar-refractivity contribution is -0.142. The first-order chi connectivity index (χ1) is 8.13. The van der Waals surface area contributed by atoms with Crippen LogP contribution in [0.1, 0.15) is 36.8 Å². The second kappa shape index (κ2) is 6.28. The van der Waals surface area contributed by atoms with Gasteiger partial charge in [-0.2, -0.15) is 0 Å². The summed E-state index contributed by atoms with van der Waals surface area (Å²) in [5.41, 5.74) is 2.03. The molecule has 1 atom stereocenters. The van der Waals surface area contributed by atoms with E-state index < -0.39 is 0 Å². The van der Waals surface area contributed by atoms with Gasteiger partial charge in [0, 0.05) is 0 Å². The number of hydrogen-bond donors (Lipinski definition) is 0. The van der Waals surface area contributed by atoms with E-state index in [1.165, 1.54) is 7.11 Å². The lowest BCUT2D eigenvalue weighted by Crippen LogP contribution is -2.14. The molecule has 0 radical (unpaired) electrons. The first kappa shape index (κ1) is 13.6. The minimum Gasteiger partial charge on any atom is -0.496 e. The number of aryl methyl sites for hydroxylation is 1. The Hall–Kier alpha value is -1.51. The summed E-state index contributed by atoms with van der Waals surface area (Å²) in [4.78, 5) is 11.7. The molecule has 17 heavy (non-hydrogen) atoms. The van der Waals surface area contributed by atoms with Crippen molar-refractivity contribution in [3.63, 3.8) is 0 Å². The Labute approximate surface area is 103 Å². The summed E-state index contributed by atoms with van der Waals surface area (Å²) in [5, 5.41) is 0. The van der Waals surface area contributed by atoms with E-state index in [4.69, 9.17) is 9.47 Å². The molecule has 0 aliphatic rings. The van der Waals surface area contributed by atoms with Crippen molar-refractivity contribution in [1.82, 2.24) is 0 Å². The zero-order chi connectivity index (χ0) is 12.8. The molecule has 1 aromatic rings. The van der Waals surface area contributed by atoms with Crippen LogP contribution in [0.4, 0.5) is 0 Å². The first-order valence-electron chi connectivity index (χ1n) is 5.86. The molecule has 0 aliphatic heterocycles. The van der Waals surface area contributed by atoms with Crippen LogP contribution >= 0.6 is 0 Å². The van der Waals surface area contributed by atoms with Gasteiger partial charge in [-0.3, -0.25) is 4.79 Å². The van der Waals surface area contributed by atoms with Crippen LogP contribution in [-0.2, 0) is 9.53 Å². The first-order valence-corrected chi connectivity index (χ1v) is 5.86. The van der Waals surface area contributed by atoms with Crippen LogP contribution in [-0.4, -0.2) is 20.2 Å². The highest BCUT2D eigenvalue weighted by Gasteiger charge is 2.20. The van der Waals surface area contributed by atoms with Crippen LogP contribution in [0.25, 0.3) is 0 Å². The smallest absolute Gasteiger partial charge is 0.313 e. The predicted molar refractivity (Wildman–Crippen MR) is 67.4 cm³/mol. The molecule has 0 amide bonds. The summed E-state index contributed by atoms with van der Waals surface area (Å²) in [6.45, 7) is 4.04. The molecule has 0 aliphatic carbocycles. The summed E-state index contributed by atoms with van der Waals surface area (Å²) in [5.74, 6) is 0.500. The summed E-state index contributed by atoms with van der Waals surface area (Å²) >= 11 is 0. The summed E-state index contributed by atoms with van der Waals surface area (Å²) < 4.78 is 10.1. The van der Waals surface area contributed by atoms with E-state index in [-0.39, 0.29) is 11.9 Å². The quantitative estimate of drug-likeness (QED) is 0.737. The molecule has 1 aromatic carbocycles. The van der Waals surface area contributed by atoms with Gasteiger partial charge in [0.1, 0.15) is 5.75 Å². The van der Waals surface area contributed by atoms with Gasteiger partial charge in [0.15, 0.2) is 0 Å². The van der Waals surface area contributed by atoms with Crippen molar-refractivity contribution in [3.05, 3.63) is 29.3 Å². The van der Waals surface area contributed by atoms with E-state index in [0.29, 0.717) is 0 Å². The van der Waals surface area contributed by atoms with E-state index in [9.17, 15) is 4.79 Å². The molecule has 1 rings (SSSR count). The average Bonchev–Trinajstić information content (AvgIpc) is 2.35. The molecular weight excluding hydrogens is 216 g/mol. The van der Waals surface area contributed by atoms with Gasteiger partial charge in [-0.1, -0.05) is 25.5 Å². The fourth-order valence-electron chi connectivity index (χ4n) is 1.97. The number of rotatable bonds is 5. The standard InChI is InChI=1S/C14H20O3/c1-5-6-12(14(15)17-4)11-7-8-13(16-3)10(2)9-11/h7-9,12H,5-6H2,1-4H3. The third kappa shape index (κ3) is 3.22. The Bertz CT molecular complexity index is 385. The lowest BCUT2D eigenvalue weighted by Gasteiger charge is -2.15. The van der Waals surface area contributed by atoms with Gasteiger partial charge in [0.05, 0.1) is 20.1 Å². The Morgan fingerprint density at radius 3 is 2.53 bits per heavy atom. The summed E-state index contributed by atoms with van der Waals surface area (Å²) in [7, 11) is 3.08. The third-order valence-electron chi connectivity index (χ3n) is 2.88. The average molecular weight is 236 g/mol. The highest BCUT2D eigenvalue weighted by atomic mass is 16.5. The topological polar surface area (TPSA) is 35.5 Å². The van der Waals surface area contributed by atoms with Crippen LogP contribution in [0, 0.1) is 6.92 Å². The van der Waals surface area contributed by atoms with E-state index >= 15 is 0 Å². The van der Waals surface area contributed by atoms with E-state index in [1.54, 1.807) is 7.11 Å². The number of esters is 1. The van der Waals surface area contributed by atoms with Gasteiger partial charge in [0.2, 0.25) is 0 Å². The maximum atomic E-state index is 11.7. The van der Waals surface area contributed by atoms with Crippen LogP contribution in [0.3, 0.4) is 0 Å². The number of methoxy groups -OCH3 is 2. The van der Waals surface area contributed by atoms with Gasteiger partial charge in [-0.15, -0.1) is 0 Å². The Morgan fingerprint density at radius 2 is 2.06 bits per heavy atom. The summed E-state index contributed by atoms with van der Waals surface area (Å²) in [6.07, 6.45) is 1.75. The molecule has 94 valence electrons. The van der Waals surface area contributed by atoms with Crippen molar-refractivity contribution in [2.45, 2.75) is 32.6 Å². The second-order valence-corrected chi connectivity index (χ2v) is 4.09. The molecule has 0 fully saturated rings. The minimum absolute atomic E-state index is 0.170.